The Labute approximate surface area is 118 Å². The zero-order valence-corrected chi connectivity index (χ0v) is 11.6. The van der Waals surface area contributed by atoms with E-state index in [-0.39, 0.29) is 6.10 Å². The summed E-state index contributed by atoms with van der Waals surface area (Å²) < 4.78 is 6.05. The molecule has 3 rings (SSSR count). The maximum Gasteiger partial charge on any atom is 0.143 e. The minimum Gasteiger partial charge on any atom is -0.482 e. The summed E-state index contributed by atoms with van der Waals surface area (Å²) in [7, 11) is 0. The van der Waals surface area contributed by atoms with E-state index in [0.717, 1.165) is 35.0 Å². The molecule has 0 fully saturated rings. The van der Waals surface area contributed by atoms with Crippen LogP contribution in [-0.4, -0.2) is 6.54 Å². The van der Waals surface area contributed by atoms with Crippen LogP contribution in [0.15, 0.2) is 42.5 Å². The summed E-state index contributed by atoms with van der Waals surface area (Å²) in [5.41, 5.74) is 3.41. The molecular formula is C16H16ClNO. The molecule has 1 N–H and O–H groups in total. The second-order valence-electron chi connectivity index (χ2n) is 4.69. The van der Waals surface area contributed by atoms with Crippen LogP contribution in [0.3, 0.4) is 0 Å². The fourth-order valence-electron chi connectivity index (χ4n) is 2.35. The van der Waals surface area contributed by atoms with E-state index < -0.39 is 0 Å². The molecule has 1 heterocycles. The first-order chi connectivity index (χ1) is 9.28. The lowest BCUT2D eigenvalue weighted by atomic mass is 10.1. The Morgan fingerprint density at radius 2 is 2.11 bits per heavy atom. The number of hydrogen-bond acceptors (Lipinski definition) is 2. The van der Waals surface area contributed by atoms with Crippen LogP contribution in [0.5, 0.6) is 5.75 Å². The number of aryl methyl sites for hydroxylation is 1. The Morgan fingerprint density at radius 1 is 1.26 bits per heavy atom. The number of rotatable bonds is 2. The van der Waals surface area contributed by atoms with Crippen molar-refractivity contribution in [1.29, 1.82) is 0 Å². The zero-order valence-electron chi connectivity index (χ0n) is 10.8. The number of fused-ring (bicyclic) bond motifs is 1. The molecule has 0 radical (unpaired) electrons. The van der Waals surface area contributed by atoms with E-state index in [1.165, 1.54) is 5.56 Å². The highest BCUT2D eigenvalue weighted by Crippen LogP contribution is 2.36. The van der Waals surface area contributed by atoms with Crippen molar-refractivity contribution in [2.24, 2.45) is 0 Å². The van der Waals surface area contributed by atoms with Gasteiger partial charge in [-0.3, -0.25) is 0 Å². The first-order valence-electron chi connectivity index (χ1n) is 6.56. The van der Waals surface area contributed by atoms with E-state index in [1.54, 1.807) is 0 Å². The fourth-order valence-corrected chi connectivity index (χ4v) is 2.60. The van der Waals surface area contributed by atoms with E-state index in [2.05, 4.69) is 24.4 Å². The number of ether oxygens (including phenoxy) is 1. The van der Waals surface area contributed by atoms with E-state index in [9.17, 15) is 0 Å². The normalized spacial score (nSPS) is 17.3. The van der Waals surface area contributed by atoms with E-state index in [1.807, 2.05) is 30.3 Å². The molecule has 0 aliphatic carbocycles. The van der Waals surface area contributed by atoms with Crippen LogP contribution in [0, 0.1) is 0 Å². The molecule has 1 aliphatic heterocycles. The van der Waals surface area contributed by atoms with Gasteiger partial charge < -0.3 is 10.1 Å². The summed E-state index contributed by atoms with van der Waals surface area (Å²) in [6.45, 7) is 2.89. The average molecular weight is 274 g/mol. The molecule has 98 valence electrons. The highest BCUT2D eigenvalue weighted by molar-refractivity contribution is 6.31. The molecule has 0 bridgehead atoms. The second kappa shape index (κ2) is 5.14. The first kappa shape index (κ1) is 12.4. The third kappa shape index (κ3) is 2.41. The van der Waals surface area contributed by atoms with Gasteiger partial charge in [0.1, 0.15) is 11.9 Å². The van der Waals surface area contributed by atoms with E-state index in [0.29, 0.717) is 0 Å². The van der Waals surface area contributed by atoms with Gasteiger partial charge in [-0.25, -0.2) is 0 Å². The molecule has 0 aromatic heterocycles. The number of anilines is 1. The maximum atomic E-state index is 6.22. The molecule has 1 aliphatic rings. The van der Waals surface area contributed by atoms with Crippen molar-refractivity contribution < 1.29 is 4.74 Å². The van der Waals surface area contributed by atoms with Crippen molar-refractivity contribution in [2.45, 2.75) is 19.4 Å². The van der Waals surface area contributed by atoms with Crippen molar-refractivity contribution in [2.75, 3.05) is 11.9 Å². The summed E-state index contributed by atoms with van der Waals surface area (Å²) in [5, 5.41) is 4.18. The van der Waals surface area contributed by atoms with Crippen molar-refractivity contribution in [1.82, 2.24) is 0 Å². The summed E-state index contributed by atoms with van der Waals surface area (Å²) in [4.78, 5) is 0. The minimum atomic E-state index is -0.0336. The average Bonchev–Trinajstić information content (AvgIpc) is 2.46. The van der Waals surface area contributed by atoms with Gasteiger partial charge in [-0.15, -0.1) is 0 Å². The third-order valence-corrected chi connectivity index (χ3v) is 3.80. The monoisotopic (exact) mass is 273 g/mol. The Balaban J connectivity index is 1.88. The smallest absolute Gasteiger partial charge is 0.143 e. The summed E-state index contributed by atoms with van der Waals surface area (Å²) >= 11 is 6.22. The quantitative estimate of drug-likeness (QED) is 0.873. The molecular weight excluding hydrogens is 258 g/mol. The SMILES string of the molecule is CCc1ccc2c(c1)NCC(c1ccccc1Cl)O2. The number of hydrogen-bond donors (Lipinski definition) is 1. The highest BCUT2D eigenvalue weighted by Gasteiger charge is 2.22. The van der Waals surface area contributed by atoms with Crippen LogP contribution in [0.1, 0.15) is 24.2 Å². The molecule has 0 amide bonds. The summed E-state index contributed by atoms with van der Waals surface area (Å²) in [6.07, 6.45) is 0.997. The Morgan fingerprint density at radius 3 is 2.89 bits per heavy atom. The van der Waals surface area contributed by atoms with Crippen LogP contribution in [-0.2, 0) is 6.42 Å². The number of benzene rings is 2. The molecule has 0 saturated carbocycles. The van der Waals surface area contributed by atoms with Gasteiger partial charge in [-0.2, -0.15) is 0 Å². The van der Waals surface area contributed by atoms with Gasteiger partial charge >= 0.3 is 0 Å². The minimum absolute atomic E-state index is 0.0336. The molecule has 2 nitrogen and oxygen atoms in total. The molecule has 0 spiro atoms. The largest absolute Gasteiger partial charge is 0.482 e. The van der Waals surface area contributed by atoms with Crippen molar-refractivity contribution in [3.8, 4) is 5.75 Å². The fraction of sp³-hybridized carbons (Fsp3) is 0.250. The van der Waals surface area contributed by atoms with Crippen molar-refractivity contribution in [3.63, 3.8) is 0 Å². The Bertz CT molecular complexity index is 597. The van der Waals surface area contributed by atoms with Gasteiger partial charge in [-0.1, -0.05) is 42.8 Å². The molecule has 1 unspecified atom stereocenters. The number of halogens is 1. The van der Waals surface area contributed by atoms with Crippen molar-refractivity contribution in [3.05, 3.63) is 58.6 Å². The van der Waals surface area contributed by atoms with E-state index >= 15 is 0 Å². The van der Waals surface area contributed by atoms with Crippen LogP contribution >= 0.6 is 11.6 Å². The van der Waals surface area contributed by atoms with Gasteiger partial charge in [0.15, 0.2) is 0 Å². The lowest BCUT2D eigenvalue weighted by Crippen LogP contribution is -2.23. The van der Waals surface area contributed by atoms with Gasteiger partial charge in [0, 0.05) is 10.6 Å². The highest BCUT2D eigenvalue weighted by atomic mass is 35.5. The summed E-state index contributed by atoms with van der Waals surface area (Å²) in [6, 6.07) is 14.1. The van der Waals surface area contributed by atoms with Gasteiger partial charge in [0.05, 0.1) is 12.2 Å². The lowest BCUT2D eigenvalue weighted by molar-refractivity contribution is 0.210. The zero-order chi connectivity index (χ0) is 13.2. The number of nitrogens with one attached hydrogen (secondary N) is 1. The molecule has 2 aromatic carbocycles. The molecule has 3 heteroatoms. The second-order valence-corrected chi connectivity index (χ2v) is 5.10. The van der Waals surface area contributed by atoms with Gasteiger partial charge in [0.25, 0.3) is 0 Å². The van der Waals surface area contributed by atoms with E-state index in [4.69, 9.17) is 16.3 Å². The maximum absolute atomic E-state index is 6.22. The summed E-state index contributed by atoms with van der Waals surface area (Å²) in [5.74, 6) is 0.897. The van der Waals surface area contributed by atoms with Crippen LogP contribution < -0.4 is 10.1 Å². The molecule has 1 atom stereocenters. The molecule has 19 heavy (non-hydrogen) atoms. The molecule has 2 aromatic rings. The van der Waals surface area contributed by atoms with Gasteiger partial charge in [-0.05, 0) is 30.2 Å². The molecule has 0 saturated heterocycles. The topological polar surface area (TPSA) is 21.3 Å². The van der Waals surface area contributed by atoms with Crippen LogP contribution in [0.2, 0.25) is 5.02 Å². The van der Waals surface area contributed by atoms with Crippen molar-refractivity contribution >= 4 is 17.3 Å². The predicted octanol–water partition coefficient (Wildman–Crippen LogP) is 4.45. The predicted molar refractivity (Wildman–Crippen MR) is 79.1 cm³/mol. The first-order valence-corrected chi connectivity index (χ1v) is 6.93. The Kier molecular flexibility index (Phi) is 3.34. The lowest BCUT2D eigenvalue weighted by Gasteiger charge is -2.28. The van der Waals surface area contributed by atoms with Gasteiger partial charge in [0.2, 0.25) is 0 Å². The van der Waals surface area contributed by atoms with Crippen LogP contribution in [0.4, 0.5) is 5.69 Å². The standard InChI is InChI=1S/C16H16ClNO/c1-2-11-7-8-15-14(9-11)18-10-16(19-15)12-5-3-4-6-13(12)17/h3-9,16,18H,2,10H2,1H3. The van der Waals surface area contributed by atoms with Crippen LogP contribution in [0.25, 0.3) is 0 Å². The Hall–Kier alpha value is -1.67. The third-order valence-electron chi connectivity index (χ3n) is 3.45.